The van der Waals surface area contributed by atoms with E-state index in [0.29, 0.717) is 56.5 Å². The number of allylic oxidation sites excluding steroid dienone is 2. The largest absolute Gasteiger partial charge is 0.496 e. The number of benzene rings is 1. The Balaban J connectivity index is 1.29. The second kappa shape index (κ2) is 16.4. The highest BCUT2D eigenvalue weighted by Crippen LogP contribution is 2.43. The molecule has 1 aromatic carbocycles. The molecular weight excluding hydrogens is 727 g/mol. The number of unbranched alkanes of at least 4 members (excludes halogenated alkanes) is 2. The zero-order valence-corrected chi connectivity index (χ0v) is 33.8. The van der Waals surface area contributed by atoms with Crippen molar-refractivity contribution in [3.05, 3.63) is 47.0 Å². The molecular formula is C40H53N5O7S2. The topological polar surface area (TPSA) is 157 Å². The lowest BCUT2D eigenvalue weighted by Crippen LogP contribution is -2.53. The molecule has 292 valence electrons. The number of nitrogens with zero attached hydrogens (tertiary/aromatic N) is 3. The van der Waals surface area contributed by atoms with Gasteiger partial charge in [0.15, 0.2) is 0 Å². The van der Waals surface area contributed by atoms with Crippen LogP contribution in [-0.4, -0.2) is 78.6 Å². The van der Waals surface area contributed by atoms with Crippen molar-refractivity contribution in [1.29, 1.82) is 0 Å². The third-order valence-electron chi connectivity index (χ3n) is 10.8. The first-order valence-electron chi connectivity index (χ1n) is 19.2. The smallest absolute Gasteiger partial charge is 0.259 e. The summed E-state index contributed by atoms with van der Waals surface area (Å²) in [6, 6.07) is 5.72. The van der Waals surface area contributed by atoms with Crippen LogP contribution in [0, 0.1) is 11.8 Å². The molecule has 3 amide bonds. The van der Waals surface area contributed by atoms with Gasteiger partial charge in [0, 0.05) is 36.0 Å². The van der Waals surface area contributed by atoms with Crippen LogP contribution in [0.3, 0.4) is 0 Å². The van der Waals surface area contributed by atoms with E-state index in [2.05, 4.69) is 30.0 Å². The molecule has 0 bridgehead atoms. The zero-order chi connectivity index (χ0) is 38.8. The van der Waals surface area contributed by atoms with E-state index in [1.165, 1.54) is 11.3 Å². The van der Waals surface area contributed by atoms with Gasteiger partial charge in [-0.3, -0.25) is 19.1 Å². The maximum absolute atomic E-state index is 14.1. The Hall–Kier alpha value is -4.04. The highest BCUT2D eigenvalue weighted by Gasteiger charge is 2.55. The van der Waals surface area contributed by atoms with E-state index in [-0.39, 0.29) is 18.2 Å². The molecule has 3 aliphatic carbocycles. The molecule has 2 heterocycles. The Kier molecular flexibility index (Phi) is 12.0. The van der Waals surface area contributed by atoms with Crippen molar-refractivity contribution in [2.45, 2.75) is 115 Å². The summed E-state index contributed by atoms with van der Waals surface area (Å²) in [5.74, 6) is -1.24. The second-order valence-corrected chi connectivity index (χ2v) is 18.0. The number of aromatic nitrogens is 2. The molecule has 14 heteroatoms. The van der Waals surface area contributed by atoms with Crippen molar-refractivity contribution >= 4 is 50.0 Å². The monoisotopic (exact) mass is 779 g/mol. The first-order valence-corrected chi connectivity index (χ1v) is 21.6. The van der Waals surface area contributed by atoms with Crippen LogP contribution in [0.5, 0.6) is 11.5 Å². The molecule has 2 N–H and O–H groups in total. The van der Waals surface area contributed by atoms with E-state index >= 15 is 0 Å². The molecule has 0 unspecified atom stereocenters. The number of methoxy groups -OCH3 is 1. The Morgan fingerprint density at radius 1 is 1.09 bits per heavy atom. The van der Waals surface area contributed by atoms with Crippen LogP contribution < -0.4 is 19.5 Å². The number of hydrogen-bond donors (Lipinski definition) is 2. The number of sulfonamides is 1. The van der Waals surface area contributed by atoms with Gasteiger partial charge in [0.1, 0.15) is 33.8 Å². The van der Waals surface area contributed by atoms with Crippen molar-refractivity contribution in [2.75, 3.05) is 20.7 Å². The van der Waals surface area contributed by atoms with Crippen LogP contribution in [0.15, 0.2) is 35.7 Å². The van der Waals surface area contributed by atoms with Crippen molar-refractivity contribution in [3.63, 3.8) is 0 Å². The molecule has 0 radical (unpaired) electrons. The van der Waals surface area contributed by atoms with E-state index in [9.17, 15) is 22.8 Å². The van der Waals surface area contributed by atoms with Gasteiger partial charge in [-0.25, -0.2) is 18.4 Å². The Morgan fingerprint density at radius 3 is 2.46 bits per heavy atom. The highest BCUT2D eigenvalue weighted by molar-refractivity contribution is 7.91. The minimum Gasteiger partial charge on any atom is -0.496 e. The molecule has 3 saturated carbocycles. The van der Waals surface area contributed by atoms with Gasteiger partial charge in [-0.05, 0) is 89.2 Å². The van der Waals surface area contributed by atoms with Crippen molar-refractivity contribution < 1.29 is 32.3 Å². The number of carbonyl (C=O) groups excluding carboxylic acids is 3. The van der Waals surface area contributed by atoms with Crippen LogP contribution in [-0.2, 0) is 30.8 Å². The summed E-state index contributed by atoms with van der Waals surface area (Å²) in [5, 5.41) is 5.91. The molecule has 12 nitrogen and oxygen atoms in total. The molecule has 0 spiro atoms. The molecule has 0 saturated heterocycles. The number of ether oxygens (including phenoxy) is 2. The van der Waals surface area contributed by atoms with E-state index in [4.69, 9.17) is 19.4 Å². The summed E-state index contributed by atoms with van der Waals surface area (Å²) in [5.41, 5.74) is 2.01. The lowest BCUT2D eigenvalue weighted by Gasteiger charge is -2.26. The molecule has 54 heavy (non-hydrogen) atoms. The number of nitrogens with one attached hydrogen (secondary N) is 2. The summed E-state index contributed by atoms with van der Waals surface area (Å²) >= 11 is 1.52. The predicted molar refractivity (Wildman–Crippen MR) is 210 cm³/mol. The fourth-order valence-corrected chi connectivity index (χ4v) is 9.58. The van der Waals surface area contributed by atoms with E-state index in [1.807, 2.05) is 43.5 Å². The lowest BCUT2D eigenvalue weighted by molar-refractivity contribution is -0.140. The molecule has 3 aliphatic rings. The second-order valence-electron chi connectivity index (χ2n) is 15.2. The molecule has 0 aliphatic heterocycles. The molecule has 6 rings (SSSR count). The van der Waals surface area contributed by atoms with E-state index < -0.39 is 50.6 Å². The molecule has 3 atom stereocenters. The summed E-state index contributed by atoms with van der Waals surface area (Å²) in [7, 11) is -0.382. The average Bonchev–Trinajstić information content (AvgIpc) is 4.06. The molecule has 3 aromatic rings. The minimum absolute atomic E-state index is 0.153. The first-order chi connectivity index (χ1) is 25.8. The standard InChI is InChI=1S/C40H53N5O7S2/c1-7-9-10-11-12-19-45(5)38(47)30-21-25(20-29(30)36(46)43-40(17-18-40)39(48)44-54(49,50)26-13-14-26)52-34-22-31(37-42-32(23-53-37)24(3)4)41-35-27(8-2)33(51-6)16-15-28(34)35/h7,9,15-16,22-26,29-30H,8,10-14,17-21H2,1-6H3,(H,43,46)(H,44,48)/b9-7-/t25-,29-,30-/m1/s1. The minimum atomic E-state index is -3.78. The third kappa shape index (κ3) is 8.59. The summed E-state index contributed by atoms with van der Waals surface area (Å²) in [6.45, 7) is 8.77. The number of thiazole rings is 1. The Bertz CT molecular complexity index is 2020. The zero-order valence-electron chi connectivity index (χ0n) is 32.1. The third-order valence-corrected chi connectivity index (χ3v) is 13.6. The SMILES string of the molecule is C/C=C\CCCCN(C)C(=O)[C@@H]1C[C@H](Oc2cc(-c3nc(C(C)C)cs3)nc3c(CC)c(OC)ccc23)C[C@H]1C(=O)NC1(C(=O)NS(=O)(=O)C2CC2)CC1. The number of rotatable bonds is 17. The number of pyridine rings is 1. The summed E-state index contributed by atoms with van der Waals surface area (Å²) in [6.07, 6.45) is 9.17. The summed E-state index contributed by atoms with van der Waals surface area (Å²) < 4.78 is 39.9. The van der Waals surface area contributed by atoms with Crippen molar-refractivity contribution in [3.8, 4) is 22.2 Å². The maximum Gasteiger partial charge on any atom is 0.259 e. The van der Waals surface area contributed by atoms with Gasteiger partial charge in [0.25, 0.3) is 5.91 Å². The van der Waals surface area contributed by atoms with E-state index in [0.717, 1.165) is 52.2 Å². The fourth-order valence-electron chi connectivity index (χ4n) is 7.26. The molecule has 3 fully saturated rings. The van der Waals surface area contributed by atoms with Crippen molar-refractivity contribution in [2.24, 2.45) is 11.8 Å². The maximum atomic E-state index is 14.1. The number of aryl methyl sites for hydroxylation is 1. The van der Waals surface area contributed by atoms with E-state index in [1.54, 1.807) is 19.1 Å². The molecule has 2 aromatic heterocycles. The Labute approximate surface area is 322 Å². The van der Waals surface area contributed by atoms with Gasteiger partial charge >= 0.3 is 0 Å². The highest BCUT2D eigenvalue weighted by atomic mass is 32.2. The van der Waals surface area contributed by atoms with Gasteiger partial charge in [0.2, 0.25) is 21.8 Å². The van der Waals surface area contributed by atoms with Gasteiger partial charge in [-0.15, -0.1) is 11.3 Å². The normalized spacial score (nSPS) is 20.7. The predicted octanol–water partition coefficient (Wildman–Crippen LogP) is 6.29. The van der Waals surface area contributed by atoms with Crippen LogP contribution in [0.2, 0.25) is 0 Å². The van der Waals surface area contributed by atoms with Crippen LogP contribution in [0.25, 0.3) is 21.6 Å². The Morgan fingerprint density at radius 2 is 1.83 bits per heavy atom. The van der Waals surface area contributed by atoms with Crippen LogP contribution in [0.4, 0.5) is 0 Å². The fraction of sp³-hybridized carbons (Fsp3) is 0.575. The summed E-state index contributed by atoms with van der Waals surface area (Å²) in [4.78, 5) is 53.1. The van der Waals surface area contributed by atoms with Gasteiger partial charge in [-0.1, -0.05) is 32.9 Å². The first kappa shape index (κ1) is 39.6. The quantitative estimate of drug-likeness (QED) is 0.119. The average molecular weight is 780 g/mol. The number of fused-ring (bicyclic) bond motifs is 1. The number of carbonyl (C=O) groups is 3. The van der Waals surface area contributed by atoms with Crippen LogP contribution >= 0.6 is 11.3 Å². The van der Waals surface area contributed by atoms with Crippen molar-refractivity contribution in [1.82, 2.24) is 24.9 Å². The number of hydrogen-bond acceptors (Lipinski definition) is 10. The van der Waals surface area contributed by atoms with Crippen LogP contribution in [0.1, 0.15) is 103 Å². The number of amides is 3. The lowest BCUT2D eigenvalue weighted by atomic mass is 9.93. The van der Waals surface area contributed by atoms with Gasteiger partial charge < -0.3 is 19.7 Å². The van der Waals surface area contributed by atoms with Gasteiger partial charge in [0.05, 0.1) is 35.4 Å². The van der Waals surface area contributed by atoms with Gasteiger partial charge in [-0.2, -0.15) is 0 Å².